The third kappa shape index (κ3) is 3.56. The Balaban J connectivity index is 1.60. The third-order valence-corrected chi connectivity index (χ3v) is 6.04. The topological polar surface area (TPSA) is 20.3 Å². The molecular formula is C21H27NOS. The van der Waals surface area contributed by atoms with Gasteiger partial charge < -0.3 is 4.90 Å². The summed E-state index contributed by atoms with van der Waals surface area (Å²) < 4.78 is 0. The van der Waals surface area contributed by atoms with E-state index in [2.05, 4.69) is 68.3 Å². The lowest BCUT2D eigenvalue weighted by Gasteiger charge is -2.33. The summed E-state index contributed by atoms with van der Waals surface area (Å²) >= 11 is 1.82. The van der Waals surface area contributed by atoms with Gasteiger partial charge >= 0.3 is 0 Å². The molecule has 1 aromatic heterocycles. The predicted octanol–water partition coefficient (Wildman–Crippen LogP) is 5.12. The maximum absolute atomic E-state index is 12.7. The van der Waals surface area contributed by atoms with E-state index < -0.39 is 0 Å². The number of benzene rings is 1. The number of aryl methyl sites for hydroxylation is 1. The monoisotopic (exact) mass is 341 g/mol. The first-order chi connectivity index (χ1) is 11.4. The molecule has 0 saturated heterocycles. The van der Waals surface area contributed by atoms with E-state index in [1.807, 2.05) is 11.3 Å². The number of fused-ring (bicyclic) bond motifs is 1. The second kappa shape index (κ2) is 6.72. The van der Waals surface area contributed by atoms with Gasteiger partial charge in [-0.25, -0.2) is 0 Å². The summed E-state index contributed by atoms with van der Waals surface area (Å²) in [5, 5.41) is 2.14. The van der Waals surface area contributed by atoms with Crippen molar-refractivity contribution in [2.75, 3.05) is 6.54 Å². The lowest BCUT2D eigenvalue weighted by Crippen LogP contribution is -2.38. The molecule has 1 aromatic carbocycles. The highest BCUT2D eigenvalue weighted by Crippen LogP contribution is 2.33. The molecule has 1 aliphatic rings. The molecule has 0 N–H and O–H groups in total. The zero-order valence-electron chi connectivity index (χ0n) is 15.1. The molecule has 3 rings (SSSR count). The van der Waals surface area contributed by atoms with Gasteiger partial charge in [-0.15, -0.1) is 11.3 Å². The van der Waals surface area contributed by atoms with Gasteiger partial charge in [0.25, 0.3) is 0 Å². The number of amides is 1. The maximum Gasteiger partial charge on any atom is 0.223 e. The number of hydrogen-bond donors (Lipinski definition) is 0. The fourth-order valence-electron chi connectivity index (χ4n) is 3.42. The van der Waals surface area contributed by atoms with Crippen LogP contribution < -0.4 is 0 Å². The van der Waals surface area contributed by atoms with Gasteiger partial charge in [0.05, 0.1) is 6.04 Å². The average Bonchev–Trinajstić information content (AvgIpc) is 3.02. The third-order valence-electron chi connectivity index (χ3n) is 5.05. The Bertz CT molecular complexity index is 708. The second-order valence-electron chi connectivity index (χ2n) is 7.76. The largest absolute Gasteiger partial charge is 0.336 e. The molecule has 0 bridgehead atoms. The van der Waals surface area contributed by atoms with E-state index in [9.17, 15) is 4.79 Å². The summed E-state index contributed by atoms with van der Waals surface area (Å²) in [5.74, 6) is 0.277. The minimum absolute atomic E-state index is 0.176. The standard InChI is InChI=1S/C21H27NOS/c1-15-18-12-14-24-19(18)11-13-22(15)20(23)10-7-16-5-8-17(9-6-16)21(2,3)4/h5-6,8-9,12,14-15H,7,10-11,13H2,1-4H3/t15-/m0/s1. The van der Waals surface area contributed by atoms with Crippen LogP contribution in [0.4, 0.5) is 0 Å². The van der Waals surface area contributed by atoms with Gasteiger partial charge in [-0.3, -0.25) is 4.79 Å². The number of carbonyl (C=O) groups is 1. The molecule has 0 aliphatic carbocycles. The van der Waals surface area contributed by atoms with Crippen molar-refractivity contribution in [1.82, 2.24) is 4.90 Å². The fourth-order valence-corrected chi connectivity index (χ4v) is 4.38. The van der Waals surface area contributed by atoms with Crippen molar-refractivity contribution in [1.29, 1.82) is 0 Å². The maximum atomic E-state index is 12.7. The van der Waals surface area contributed by atoms with Crippen molar-refractivity contribution >= 4 is 17.2 Å². The van der Waals surface area contributed by atoms with E-state index in [4.69, 9.17) is 0 Å². The summed E-state index contributed by atoms with van der Waals surface area (Å²) in [6, 6.07) is 11.1. The molecule has 24 heavy (non-hydrogen) atoms. The van der Waals surface area contributed by atoms with Crippen LogP contribution in [0.2, 0.25) is 0 Å². The molecule has 1 atom stereocenters. The number of rotatable bonds is 3. The predicted molar refractivity (Wildman–Crippen MR) is 102 cm³/mol. The van der Waals surface area contributed by atoms with E-state index in [1.54, 1.807) is 0 Å². The minimum atomic E-state index is 0.176. The van der Waals surface area contributed by atoms with Crippen LogP contribution in [0.25, 0.3) is 0 Å². The van der Waals surface area contributed by atoms with Crippen LogP contribution in [0.3, 0.4) is 0 Å². The first kappa shape index (κ1) is 17.2. The Labute approximate surface area is 149 Å². The molecule has 2 aromatic rings. The molecule has 1 aliphatic heterocycles. The van der Waals surface area contributed by atoms with Crippen molar-refractivity contribution in [3.05, 3.63) is 57.3 Å². The summed E-state index contributed by atoms with van der Waals surface area (Å²) in [7, 11) is 0. The lowest BCUT2D eigenvalue weighted by atomic mass is 9.86. The molecule has 128 valence electrons. The number of nitrogens with zero attached hydrogens (tertiary/aromatic N) is 1. The molecule has 3 heteroatoms. The summed E-state index contributed by atoms with van der Waals surface area (Å²) in [4.78, 5) is 16.2. The molecule has 0 radical (unpaired) electrons. The Kier molecular flexibility index (Phi) is 4.82. The van der Waals surface area contributed by atoms with Crippen LogP contribution in [0.15, 0.2) is 35.7 Å². The van der Waals surface area contributed by atoms with E-state index in [1.165, 1.54) is 21.6 Å². The summed E-state index contributed by atoms with van der Waals surface area (Å²) in [6.45, 7) is 9.68. The molecule has 0 spiro atoms. The van der Waals surface area contributed by atoms with Crippen LogP contribution in [0.5, 0.6) is 0 Å². The zero-order chi connectivity index (χ0) is 17.3. The number of hydrogen-bond acceptors (Lipinski definition) is 2. The molecule has 0 unspecified atom stereocenters. The highest BCUT2D eigenvalue weighted by atomic mass is 32.1. The Morgan fingerprint density at radius 2 is 1.92 bits per heavy atom. The van der Waals surface area contributed by atoms with Gasteiger partial charge in [-0.1, -0.05) is 45.0 Å². The molecule has 0 fully saturated rings. The molecule has 2 heterocycles. The van der Waals surface area contributed by atoms with Crippen molar-refractivity contribution in [3.63, 3.8) is 0 Å². The highest BCUT2D eigenvalue weighted by Gasteiger charge is 2.27. The van der Waals surface area contributed by atoms with E-state index in [0.717, 1.165) is 19.4 Å². The smallest absolute Gasteiger partial charge is 0.223 e. The van der Waals surface area contributed by atoms with Crippen LogP contribution in [-0.2, 0) is 23.1 Å². The molecule has 2 nitrogen and oxygen atoms in total. The van der Waals surface area contributed by atoms with Gasteiger partial charge in [0, 0.05) is 17.8 Å². The van der Waals surface area contributed by atoms with E-state index in [0.29, 0.717) is 6.42 Å². The van der Waals surface area contributed by atoms with Gasteiger partial charge in [0.1, 0.15) is 0 Å². The van der Waals surface area contributed by atoms with Gasteiger partial charge in [-0.2, -0.15) is 0 Å². The van der Waals surface area contributed by atoms with Crippen LogP contribution in [-0.4, -0.2) is 17.4 Å². The normalized spacial score (nSPS) is 17.7. The van der Waals surface area contributed by atoms with Gasteiger partial charge in [0.2, 0.25) is 5.91 Å². The highest BCUT2D eigenvalue weighted by molar-refractivity contribution is 7.10. The van der Waals surface area contributed by atoms with E-state index >= 15 is 0 Å². The van der Waals surface area contributed by atoms with Crippen molar-refractivity contribution in [2.24, 2.45) is 0 Å². The lowest BCUT2D eigenvalue weighted by molar-refractivity contribution is -0.133. The molecule has 1 amide bonds. The fraction of sp³-hybridized carbons (Fsp3) is 0.476. The van der Waals surface area contributed by atoms with E-state index in [-0.39, 0.29) is 17.4 Å². The summed E-state index contributed by atoms with van der Waals surface area (Å²) in [5.41, 5.74) is 4.11. The Morgan fingerprint density at radius 1 is 1.21 bits per heavy atom. The van der Waals surface area contributed by atoms with Crippen LogP contribution >= 0.6 is 11.3 Å². The summed E-state index contributed by atoms with van der Waals surface area (Å²) in [6.07, 6.45) is 2.42. The Hall–Kier alpha value is -1.61. The number of carbonyl (C=O) groups excluding carboxylic acids is 1. The number of thiophene rings is 1. The molecule has 0 saturated carbocycles. The quantitative estimate of drug-likeness (QED) is 0.758. The van der Waals surface area contributed by atoms with Crippen molar-refractivity contribution in [3.8, 4) is 0 Å². The first-order valence-electron chi connectivity index (χ1n) is 8.81. The second-order valence-corrected chi connectivity index (χ2v) is 8.76. The average molecular weight is 342 g/mol. The van der Waals surface area contributed by atoms with Gasteiger partial charge in [-0.05, 0) is 53.3 Å². The van der Waals surface area contributed by atoms with Crippen molar-refractivity contribution in [2.45, 2.75) is 58.4 Å². The molecular weight excluding hydrogens is 314 g/mol. The zero-order valence-corrected chi connectivity index (χ0v) is 16.0. The Morgan fingerprint density at radius 3 is 2.58 bits per heavy atom. The SMILES string of the molecule is C[C@H]1c2ccsc2CCN1C(=O)CCc1ccc(C(C)(C)C)cc1. The van der Waals surface area contributed by atoms with Crippen LogP contribution in [0, 0.1) is 0 Å². The minimum Gasteiger partial charge on any atom is -0.336 e. The van der Waals surface area contributed by atoms with Crippen molar-refractivity contribution < 1.29 is 4.79 Å². The van der Waals surface area contributed by atoms with Crippen LogP contribution in [0.1, 0.15) is 61.7 Å². The van der Waals surface area contributed by atoms with Gasteiger partial charge in [0.15, 0.2) is 0 Å². The first-order valence-corrected chi connectivity index (χ1v) is 9.69.